The van der Waals surface area contributed by atoms with Crippen LogP contribution in [0.25, 0.3) is 22.2 Å². The second-order valence-electron chi connectivity index (χ2n) is 8.39. The third kappa shape index (κ3) is 4.64. The number of fused-ring (bicyclic) bond motifs is 1. The number of hydrazone groups is 1. The maximum absolute atomic E-state index is 12.8. The molecule has 0 saturated carbocycles. The molecule has 1 aliphatic heterocycles. The highest BCUT2D eigenvalue weighted by atomic mass is 35.5. The lowest BCUT2D eigenvalue weighted by atomic mass is 10.0. The summed E-state index contributed by atoms with van der Waals surface area (Å²) in [5.41, 5.74) is 3.05. The number of hydrogen-bond acceptors (Lipinski definition) is 7. The number of halogens is 2. The number of benzene rings is 3. The molecule has 3 aromatic carbocycles. The van der Waals surface area contributed by atoms with E-state index < -0.39 is 12.2 Å². The fourth-order valence-corrected chi connectivity index (χ4v) is 4.62. The van der Waals surface area contributed by atoms with Crippen molar-refractivity contribution in [3.8, 4) is 22.8 Å². The molecule has 192 valence electrons. The molecule has 1 aromatic heterocycles. The molecular weight excluding hydrogens is 529 g/mol. The van der Waals surface area contributed by atoms with Gasteiger partial charge < -0.3 is 14.2 Å². The van der Waals surface area contributed by atoms with Crippen molar-refractivity contribution in [3.63, 3.8) is 0 Å². The zero-order valence-electron chi connectivity index (χ0n) is 20.6. The number of ether oxygens (including phenoxy) is 3. The van der Waals surface area contributed by atoms with Crippen LogP contribution in [0.2, 0.25) is 10.0 Å². The molecule has 10 heteroatoms. The van der Waals surface area contributed by atoms with Crippen molar-refractivity contribution in [2.75, 3.05) is 7.11 Å². The first-order valence-electron chi connectivity index (χ1n) is 11.5. The van der Waals surface area contributed by atoms with Gasteiger partial charge in [-0.1, -0.05) is 71.7 Å². The van der Waals surface area contributed by atoms with Crippen molar-refractivity contribution >= 4 is 51.9 Å². The largest absolute Gasteiger partial charge is 0.493 e. The van der Waals surface area contributed by atoms with Gasteiger partial charge in [0, 0.05) is 36.4 Å². The Bertz CT molecular complexity index is 1610. The smallest absolute Gasteiger partial charge is 0.308 e. The van der Waals surface area contributed by atoms with Crippen molar-refractivity contribution in [2.24, 2.45) is 5.10 Å². The molecule has 0 bridgehead atoms. The first-order chi connectivity index (χ1) is 18.3. The summed E-state index contributed by atoms with van der Waals surface area (Å²) < 4.78 is 17.1. The van der Waals surface area contributed by atoms with E-state index in [1.165, 1.54) is 32.0 Å². The van der Waals surface area contributed by atoms with Crippen LogP contribution in [0.1, 0.15) is 31.2 Å². The molecule has 0 aliphatic carbocycles. The Balaban J connectivity index is 1.69. The summed E-state index contributed by atoms with van der Waals surface area (Å²) in [7, 11) is 1.40. The SMILES string of the molecule is COc1cc(Cl)c(Cl)c(C2=NN(C(C)=O)[C@@H](c3cc(-c4ccccc4)nc4ccccc34)O2)c1OC(C)=O. The summed E-state index contributed by atoms with van der Waals surface area (Å²) >= 11 is 12.9. The van der Waals surface area contributed by atoms with Crippen LogP contribution in [0.3, 0.4) is 0 Å². The van der Waals surface area contributed by atoms with Gasteiger partial charge in [-0.2, -0.15) is 5.01 Å². The molecule has 0 N–H and O–H groups in total. The minimum Gasteiger partial charge on any atom is -0.493 e. The molecule has 5 rings (SSSR count). The van der Waals surface area contributed by atoms with E-state index in [0.717, 1.165) is 10.9 Å². The number of carbonyl (C=O) groups is 2. The highest BCUT2D eigenvalue weighted by molar-refractivity contribution is 6.44. The van der Waals surface area contributed by atoms with Crippen molar-refractivity contribution in [1.82, 2.24) is 9.99 Å². The molecule has 1 atom stereocenters. The molecule has 4 aromatic rings. The monoisotopic (exact) mass is 549 g/mol. The van der Waals surface area contributed by atoms with Crippen LogP contribution in [0.15, 0.2) is 71.8 Å². The number of carbonyl (C=O) groups excluding carboxylic acids is 2. The Morgan fingerprint density at radius 3 is 2.39 bits per heavy atom. The predicted octanol–water partition coefficient (Wildman–Crippen LogP) is 6.38. The van der Waals surface area contributed by atoms with Crippen LogP contribution in [-0.2, 0) is 14.3 Å². The molecule has 0 spiro atoms. The topological polar surface area (TPSA) is 90.3 Å². The van der Waals surface area contributed by atoms with Crippen molar-refractivity contribution < 1.29 is 23.8 Å². The number of amides is 1. The lowest BCUT2D eigenvalue weighted by molar-refractivity contribution is -0.135. The summed E-state index contributed by atoms with van der Waals surface area (Å²) in [6.07, 6.45) is -0.968. The first kappa shape index (κ1) is 25.5. The fraction of sp³-hybridized carbons (Fsp3) is 0.143. The van der Waals surface area contributed by atoms with Crippen LogP contribution in [0.4, 0.5) is 0 Å². The summed E-state index contributed by atoms with van der Waals surface area (Å²) in [6, 6.07) is 20.5. The van der Waals surface area contributed by atoms with Gasteiger partial charge in [0.1, 0.15) is 5.56 Å². The van der Waals surface area contributed by atoms with Crippen molar-refractivity contribution in [3.05, 3.63) is 87.9 Å². The van der Waals surface area contributed by atoms with Gasteiger partial charge in [0.25, 0.3) is 0 Å². The maximum atomic E-state index is 12.8. The second kappa shape index (κ2) is 10.3. The highest BCUT2D eigenvalue weighted by Gasteiger charge is 2.38. The van der Waals surface area contributed by atoms with Gasteiger partial charge in [0.2, 0.25) is 18.0 Å². The minimum atomic E-state index is -0.968. The average molecular weight is 550 g/mol. The van der Waals surface area contributed by atoms with Gasteiger partial charge in [0.05, 0.1) is 28.4 Å². The highest BCUT2D eigenvalue weighted by Crippen LogP contribution is 2.45. The molecule has 0 saturated heterocycles. The summed E-state index contributed by atoms with van der Waals surface area (Å²) in [5, 5.41) is 6.56. The maximum Gasteiger partial charge on any atom is 0.308 e. The Labute approximate surface area is 228 Å². The van der Waals surface area contributed by atoms with E-state index in [0.29, 0.717) is 16.8 Å². The quantitative estimate of drug-likeness (QED) is 0.212. The Hall–Kier alpha value is -4.14. The van der Waals surface area contributed by atoms with Gasteiger partial charge in [-0.3, -0.25) is 9.59 Å². The van der Waals surface area contributed by atoms with Crippen LogP contribution < -0.4 is 9.47 Å². The number of methoxy groups -OCH3 is 1. The van der Waals surface area contributed by atoms with Crippen molar-refractivity contribution in [2.45, 2.75) is 20.1 Å². The van der Waals surface area contributed by atoms with E-state index in [4.69, 9.17) is 42.4 Å². The Morgan fingerprint density at radius 1 is 1.00 bits per heavy atom. The Kier molecular flexibility index (Phi) is 6.93. The zero-order chi connectivity index (χ0) is 27.0. The number of esters is 1. The van der Waals surface area contributed by atoms with Gasteiger partial charge in [-0.05, 0) is 12.1 Å². The van der Waals surface area contributed by atoms with E-state index in [1.54, 1.807) is 0 Å². The lowest BCUT2D eigenvalue weighted by Crippen LogP contribution is -2.25. The molecular formula is C28H21Cl2N3O5. The number of aromatic nitrogens is 1. The number of hydrogen-bond donors (Lipinski definition) is 0. The standard InChI is InChI=1S/C28H21Cl2N3O5/c1-15(34)33-28(19-13-22(17-9-5-4-6-10-17)31-21-12-8-7-11-18(19)21)38-27(32-33)24-25(30)20(29)14-23(36-3)26(24)37-16(2)35/h4-14,28H,1-3H3/t28-/m1/s1. The first-order valence-corrected chi connectivity index (χ1v) is 12.3. The second-order valence-corrected chi connectivity index (χ2v) is 9.18. The average Bonchev–Trinajstić information content (AvgIpc) is 3.35. The third-order valence-corrected chi connectivity index (χ3v) is 6.66. The van der Waals surface area contributed by atoms with E-state index in [-0.39, 0.29) is 38.9 Å². The van der Waals surface area contributed by atoms with Crippen molar-refractivity contribution in [1.29, 1.82) is 0 Å². The van der Waals surface area contributed by atoms with E-state index in [9.17, 15) is 9.59 Å². The molecule has 0 unspecified atom stereocenters. The molecule has 2 heterocycles. The summed E-state index contributed by atoms with van der Waals surface area (Å²) in [4.78, 5) is 29.5. The van der Waals surface area contributed by atoms with E-state index in [1.807, 2.05) is 60.7 Å². The molecule has 0 fully saturated rings. The molecule has 38 heavy (non-hydrogen) atoms. The van der Waals surface area contributed by atoms with Gasteiger partial charge in [-0.15, -0.1) is 5.10 Å². The number of para-hydroxylation sites is 1. The lowest BCUT2D eigenvalue weighted by Gasteiger charge is -2.22. The minimum absolute atomic E-state index is 0.0242. The zero-order valence-corrected chi connectivity index (χ0v) is 22.1. The normalized spacial score (nSPS) is 14.7. The fourth-order valence-electron chi connectivity index (χ4n) is 4.21. The van der Waals surface area contributed by atoms with Crippen LogP contribution in [-0.4, -0.2) is 34.9 Å². The molecule has 1 amide bonds. The van der Waals surface area contributed by atoms with E-state index >= 15 is 0 Å². The van der Waals surface area contributed by atoms with Crippen LogP contribution in [0.5, 0.6) is 11.5 Å². The number of nitrogens with zero attached hydrogens (tertiary/aromatic N) is 3. The predicted molar refractivity (Wildman–Crippen MR) is 144 cm³/mol. The molecule has 0 radical (unpaired) electrons. The summed E-state index contributed by atoms with van der Waals surface area (Å²) in [5.74, 6) is -0.939. The van der Waals surface area contributed by atoms with Gasteiger partial charge in [0.15, 0.2) is 11.5 Å². The van der Waals surface area contributed by atoms with E-state index in [2.05, 4.69) is 5.10 Å². The molecule has 1 aliphatic rings. The summed E-state index contributed by atoms with van der Waals surface area (Å²) in [6.45, 7) is 2.61. The molecule has 8 nitrogen and oxygen atoms in total. The Morgan fingerprint density at radius 2 is 1.71 bits per heavy atom. The number of pyridine rings is 1. The van der Waals surface area contributed by atoms with Crippen LogP contribution in [0, 0.1) is 0 Å². The van der Waals surface area contributed by atoms with Crippen LogP contribution >= 0.6 is 23.2 Å². The van der Waals surface area contributed by atoms with Gasteiger partial charge in [-0.25, -0.2) is 4.98 Å². The third-order valence-electron chi connectivity index (χ3n) is 5.87. The van der Waals surface area contributed by atoms with Gasteiger partial charge >= 0.3 is 5.97 Å². The number of rotatable bonds is 5.